The molecule has 0 radical (unpaired) electrons. The van der Waals surface area contributed by atoms with E-state index in [0.29, 0.717) is 0 Å². The highest BCUT2D eigenvalue weighted by Gasteiger charge is 2.25. The molecule has 1 aliphatic carbocycles. The zero-order chi connectivity index (χ0) is 11.8. The lowest BCUT2D eigenvalue weighted by Gasteiger charge is -2.21. The molecule has 1 amide bonds. The Morgan fingerprint density at radius 2 is 1.94 bits per heavy atom. The van der Waals surface area contributed by atoms with Gasteiger partial charge in [-0.05, 0) is 11.1 Å². The van der Waals surface area contributed by atoms with Crippen LogP contribution in [-0.4, -0.2) is 5.91 Å². The number of fused-ring (bicyclic) bond motifs is 1. The minimum absolute atomic E-state index is 0.0305. The number of carbonyl (C=O) groups is 1. The van der Waals surface area contributed by atoms with Crippen LogP contribution in [-0.2, 0) is 4.79 Å². The van der Waals surface area contributed by atoms with E-state index < -0.39 is 0 Å². The first-order valence-electron chi connectivity index (χ1n) is 5.56. The molecule has 2 heteroatoms. The Kier molecular flexibility index (Phi) is 2.58. The van der Waals surface area contributed by atoms with Gasteiger partial charge in [-0.3, -0.25) is 4.79 Å². The van der Waals surface area contributed by atoms with Crippen LogP contribution in [0.25, 0.3) is 6.08 Å². The summed E-state index contributed by atoms with van der Waals surface area (Å²) < 4.78 is 0. The Balaban J connectivity index is 2.16. The maximum Gasteiger partial charge on any atom is 0.226 e. The highest BCUT2D eigenvalue weighted by atomic mass is 16.2. The predicted octanol–water partition coefficient (Wildman–Crippen LogP) is 2.92. The van der Waals surface area contributed by atoms with E-state index in [1.807, 2.05) is 39.0 Å². The molecular formula is C14H17NO. The molecular weight excluding hydrogens is 198 g/mol. The van der Waals surface area contributed by atoms with Gasteiger partial charge >= 0.3 is 0 Å². The molecule has 0 saturated heterocycles. The second kappa shape index (κ2) is 3.78. The number of carbonyl (C=O) groups excluding carboxylic acids is 1. The van der Waals surface area contributed by atoms with E-state index in [2.05, 4.69) is 23.5 Å². The second-order valence-corrected chi connectivity index (χ2v) is 5.19. The molecule has 2 nitrogen and oxygen atoms in total. The standard InChI is InChI=1S/C14H17NO/c1-14(2,3)13(16)15-12-9-8-10-6-4-5-7-11(10)12/h4-9,12H,1-3H3,(H,15,16). The van der Waals surface area contributed by atoms with Gasteiger partial charge < -0.3 is 5.32 Å². The third-order valence-corrected chi connectivity index (χ3v) is 2.77. The Labute approximate surface area is 96.4 Å². The summed E-state index contributed by atoms with van der Waals surface area (Å²) in [6, 6.07) is 8.17. The van der Waals surface area contributed by atoms with Crippen molar-refractivity contribution in [2.75, 3.05) is 0 Å². The minimum Gasteiger partial charge on any atom is -0.345 e. The minimum atomic E-state index is -0.342. The molecule has 1 aromatic carbocycles. The van der Waals surface area contributed by atoms with Crippen LogP contribution in [0.5, 0.6) is 0 Å². The van der Waals surface area contributed by atoms with Crippen molar-refractivity contribution in [3.05, 3.63) is 41.5 Å². The average Bonchev–Trinajstić information content (AvgIpc) is 2.61. The fourth-order valence-electron chi connectivity index (χ4n) is 1.73. The highest BCUT2D eigenvalue weighted by Crippen LogP contribution is 2.28. The van der Waals surface area contributed by atoms with E-state index in [1.54, 1.807) is 0 Å². The monoisotopic (exact) mass is 215 g/mol. The van der Waals surface area contributed by atoms with E-state index in [9.17, 15) is 4.79 Å². The third-order valence-electron chi connectivity index (χ3n) is 2.77. The molecule has 1 N–H and O–H groups in total. The van der Waals surface area contributed by atoms with Gasteiger partial charge in [-0.25, -0.2) is 0 Å². The van der Waals surface area contributed by atoms with Crippen LogP contribution < -0.4 is 5.32 Å². The molecule has 84 valence electrons. The van der Waals surface area contributed by atoms with E-state index in [-0.39, 0.29) is 17.4 Å². The summed E-state index contributed by atoms with van der Waals surface area (Å²) >= 11 is 0. The average molecular weight is 215 g/mol. The van der Waals surface area contributed by atoms with Crippen molar-refractivity contribution in [2.45, 2.75) is 26.8 Å². The molecule has 0 spiro atoms. The first-order chi connectivity index (χ1) is 7.48. The van der Waals surface area contributed by atoms with Crippen molar-refractivity contribution < 1.29 is 4.79 Å². The zero-order valence-electron chi connectivity index (χ0n) is 9.95. The molecule has 1 aromatic rings. The van der Waals surface area contributed by atoms with Crippen LogP contribution in [0, 0.1) is 5.41 Å². The fraction of sp³-hybridized carbons (Fsp3) is 0.357. The van der Waals surface area contributed by atoms with Crippen LogP contribution >= 0.6 is 0 Å². The van der Waals surface area contributed by atoms with Crippen molar-refractivity contribution in [3.8, 4) is 0 Å². The van der Waals surface area contributed by atoms with Gasteiger partial charge in [0.05, 0.1) is 6.04 Å². The van der Waals surface area contributed by atoms with E-state index in [0.717, 1.165) is 0 Å². The van der Waals surface area contributed by atoms with Crippen molar-refractivity contribution in [1.29, 1.82) is 0 Å². The van der Waals surface area contributed by atoms with Crippen molar-refractivity contribution in [2.24, 2.45) is 5.41 Å². The van der Waals surface area contributed by atoms with E-state index >= 15 is 0 Å². The number of amides is 1. The molecule has 2 rings (SSSR count). The van der Waals surface area contributed by atoms with Crippen LogP contribution in [0.4, 0.5) is 0 Å². The van der Waals surface area contributed by atoms with Gasteiger partial charge in [0.1, 0.15) is 0 Å². The van der Waals surface area contributed by atoms with Gasteiger partial charge in [0.2, 0.25) is 5.91 Å². The smallest absolute Gasteiger partial charge is 0.226 e. The summed E-state index contributed by atoms with van der Waals surface area (Å²) in [5.41, 5.74) is 2.03. The number of nitrogens with one attached hydrogen (secondary N) is 1. The summed E-state index contributed by atoms with van der Waals surface area (Å²) in [7, 11) is 0. The van der Waals surface area contributed by atoms with Crippen LogP contribution in [0.1, 0.15) is 37.9 Å². The molecule has 1 atom stereocenters. The van der Waals surface area contributed by atoms with Gasteiger partial charge in [0.15, 0.2) is 0 Å². The Bertz CT molecular complexity index is 440. The molecule has 0 bridgehead atoms. The summed E-state index contributed by atoms with van der Waals surface area (Å²) in [6.07, 6.45) is 4.09. The Morgan fingerprint density at radius 3 is 2.62 bits per heavy atom. The lowest BCUT2D eigenvalue weighted by atomic mass is 9.95. The third kappa shape index (κ3) is 2.01. The lowest BCUT2D eigenvalue weighted by molar-refractivity contribution is -0.128. The van der Waals surface area contributed by atoms with Gasteiger partial charge in [-0.2, -0.15) is 0 Å². The maximum absolute atomic E-state index is 11.9. The predicted molar refractivity (Wildman–Crippen MR) is 65.8 cm³/mol. The number of rotatable bonds is 1. The first-order valence-corrected chi connectivity index (χ1v) is 5.56. The SMILES string of the molecule is CC(C)(C)C(=O)NC1C=Cc2ccccc21. The summed E-state index contributed by atoms with van der Waals surface area (Å²) in [5.74, 6) is 0.0823. The highest BCUT2D eigenvalue weighted by molar-refractivity contribution is 5.82. The molecule has 0 saturated carbocycles. The molecule has 1 unspecified atom stereocenters. The molecule has 0 fully saturated rings. The summed E-state index contributed by atoms with van der Waals surface area (Å²) in [5, 5.41) is 3.05. The molecule has 1 aliphatic rings. The summed E-state index contributed by atoms with van der Waals surface area (Å²) in [6.45, 7) is 5.77. The second-order valence-electron chi connectivity index (χ2n) is 5.19. The van der Waals surface area contributed by atoms with Crippen LogP contribution in [0.3, 0.4) is 0 Å². The molecule has 0 aliphatic heterocycles. The first kappa shape index (κ1) is 10.9. The normalized spacial score (nSPS) is 18.3. The molecule has 16 heavy (non-hydrogen) atoms. The fourth-order valence-corrected chi connectivity index (χ4v) is 1.73. The topological polar surface area (TPSA) is 29.1 Å². The largest absolute Gasteiger partial charge is 0.345 e. The number of benzene rings is 1. The van der Waals surface area contributed by atoms with Crippen molar-refractivity contribution in [1.82, 2.24) is 5.32 Å². The van der Waals surface area contributed by atoms with Gasteiger partial charge in [0.25, 0.3) is 0 Å². The van der Waals surface area contributed by atoms with Crippen LogP contribution in [0.15, 0.2) is 30.3 Å². The molecule has 0 aromatic heterocycles. The van der Waals surface area contributed by atoms with Gasteiger partial charge in [-0.1, -0.05) is 57.2 Å². The lowest BCUT2D eigenvalue weighted by Crippen LogP contribution is -2.36. The Morgan fingerprint density at radius 1 is 1.25 bits per heavy atom. The summed E-state index contributed by atoms with van der Waals surface area (Å²) in [4.78, 5) is 11.9. The van der Waals surface area contributed by atoms with Crippen molar-refractivity contribution in [3.63, 3.8) is 0 Å². The van der Waals surface area contributed by atoms with Crippen molar-refractivity contribution >= 4 is 12.0 Å². The van der Waals surface area contributed by atoms with E-state index in [4.69, 9.17) is 0 Å². The number of hydrogen-bond acceptors (Lipinski definition) is 1. The van der Waals surface area contributed by atoms with Crippen LogP contribution in [0.2, 0.25) is 0 Å². The van der Waals surface area contributed by atoms with E-state index in [1.165, 1.54) is 11.1 Å². The maximum atomic E-state index is 11.9. The molecule has 0 heterocycles. The van der Waals surface area contributed by atoms with Gasteiger partial charge in [-0.15, -0.1) is 0 Å². The quantitative estimate of drug-likeness (QED) is 0.766. The Hall–Kier alpha value is -1.57. The van der Waals surface area contributed by atoms with Gasteiger partial charge in [0, 0.05) is 5.41 Å². The zero-order valence-corrected chi connectivity index (χ0v) is 9.95. The number of hydrogen-bond donors (Lipinski definition) is 1.